The van der Waals surface area contributed by atoms with Gasteiger partial charge in [0.1, 0.15) is 0 Å². The normalized spacial score (nSPS) is 60.3. The summed E-state index contributed by atoms with van der Waals surface area (Å²) in [6.45, 7) is 62.7. The van der Waals surface area contributed by atoms with Gasteiger partial charge in [-0.1, -0.05) is 159 Å². The molecule has 0 nitrogen and oxygen atoms in total. The van der Waals surface area contributed by atoms with Crippen LogP contribution < -0.4 is 0 Å². The summed E-state index contributed by atoms with van der Waals surface area (Å²) in [5, 5.41) is 0. The highest BCUT2D eigenvalue weighted by molar-refractivity contribution is 5.42. The summed E-state index contributed by atoms with van der Waals surface area (Å²) in [5.74, 6) is 14.2. The summed E-state index contributed by atoms with van der Waals surface area (Å²) < 4.78 is 0. The van der Waals surface area contributed by atoms with Crippen LogP contribution in [0, 0.1) is 155 Å². The van der Waals surface area contributed by atoms with Gasteiger partial charge in [-0.25, -0.2) is 0 Å². The monoisotopic (exact) mass is 715 g/mol. The molecule has 8 aliphatic carbocycles. The van der Waals surface area contributed by atoms with E-state index in [9.17, 15) is 0 Å². The maximum absolute atomic E-state index is 2.89. The lowest BCUT2D eigenvalue weighted by atomic mass is 9.11. The summed E-state index contributed by atoms with van der Waals surface area (Å²) in [5.41, 5.74) is 4.29. The fourth-order valence-corrected chi connectivity index (χ4v) is 23.5. The van der Waals surface area contributed by atoms with Crippen molar-refractivity contribution in [2.45, 2.75) is 172 Å². The van der Waals surface area contributed by atoms with Crippen LogP contribution in [0.4, 0.5) is 0 Å². The van der Waals surface area contributed by atoms with Crippen LogP contribution >= 0.6 is 0 Å². The van der Waals surface area contributed by atoms with Gasteiger partial charge in [0, 0.05) is 0 Å². The second-order valence-electron chi connectivity index (χ2n) is 26.7. The van der Waals surface area contributed by atoms with Crippen molar-refractivity contribution in [3.8, 4) is 0 Å². The largest absolute Gasteiger partial charge is 0.0625 e. The lowest BCUT2D eigenvalue weighted by Crippen LogP contribution is -2.89. The van der Waals surface area contributed by atoms with Crippen LogP contribution in [0.1, 0.15) is 172 Å². The van der Waals surface area contributed by atoms with E-state index < -0.39 is 0 Å². The Morgan fingerprint density at radius 2 is 1.10 bits per heavy atom. The van der Waals surface area contributed by atoms with E-state index in [2.05, 4.69) is 159 Å². The minimum absolute atomic E-state index is 0.321. The first-order chi connectivity index (χ1) is 23.4. The van der Waals surface area contributed by atoms with Crippen molar-refractivity contribution >= 4 is 0 Å². The van der Waals surface area contributed by atoms with Crippen molar-refractivity contribution in [1.82, 2.24) is 0 Å². The molecule has 0 amide bonds. The smallest absolute Gasteiger partial charge is 0.0155 e. The summed E-state index contributed by atoms with van der Waals surface area (Å²) in [7, 11) is 0. The Labute approximate surface area is 325 Å². The van der Waals surface area contributed by atoms with Gasteiger partial charge in [-0.15, -0.1) is 0 Å². The summed E-state index contributed by atoms with van der Waals surface area (Å²) in [6.07, 6.45) is 3.00. The fourth-order valence-electron chi connectivity index (χ4n) is 23.5. The molecule has 0 aromatic carbocycles. The zero-order valence-corrected chi connectivity index (χ0v) is 39.2. The fraction of sp³-hybridized carbons (Fsp3) is 1.00. The molecule has 0 aromatic heterocycles. The molecule has 8 rings (SSSR count). The SMILES string of the molecule is CC(C)C1C2C(C3C4C5CC(C)C5(C(C)C)C4(C)C3(C)C)C3C(C)C2(C)C1(C)C(C)(C)C31CC(C(C)C)(C(C)C(C)C2C(C)C(C)(C)C2(C)C)C1C. The molecule has 0 N–H and O–H groups in total. The lowest BCUT2D eigenvalue weighted by molar-refractivity contribution is -0.459. The van der Waals surface area contributed by atoms with Gasteiger partial charge in [-0.2, -0.15) is 0 Å². The topological polar surface area (TPSA) is 0 Å². The maximum atomic E-state index is 2.89. The number of fused-ring (bicyclic) bond motifs is 6. The van der Waals surface area contributed by atoms with Crippen LogP contribution in [0.2, 0.25) is 0 Å². The Morgan fingerprint density at radius 3 is 1.54 bits per heavy atom. The average molecular weight is 715 g/mol. The first-order valence-corrected chi connectivity index (χ1v) is 23.4. The van der Waals surface area contributed by atoms with E-state index in [0.29, 0.717) is 54.1 Å². The van der Waals surface area contributed by atoms with Crippen molar-refractivity contribution < 1.29 is 0 Å². The molecule has 0 aliphatic heterocycles. The van der Waals surface area contributed by atoms with Crippen molar-refractivity contribution in [1.29, 1.82) is 0 Å². The highest BCUT2D eigenvalue weighted by Gasteiger charge is 2.95. The van der Waals surface area contributed by atoms with Crippen LogP contribution in [0.25, 0.3) is 0 Å². The van der Waals surface area contributed by atoms with E-state index in [0.717, 1.165) is 101 Å². The second-order valence-corrected chi connectivity index (χ2v) is 26.7. The predicted molar refractivity (Wildman–Crippen MR) is 223 cm³/mol. The zero-order valence-electron chi connectivity index (χ0n) is 39.2. The van der Waals surface area contributed by atoms with E-state index in [-0.39, 0.29) is 0 Å². The summed E-state index contributed by atoms with van der Waals surface area (Å²) >= 11 is 0. The third-order valence-corrected chi connectivity index (χ3v) is 26.5. The van der Waals surface area contributed by atoms with Gasteiger partial charge in [0.15, 0.2) is 0 Å². The summed E-state index contributed by atoms with van der Waals surface area (Å²) in [4.78, 5) is 0. The Morgan fingerprint density at radius 1 is 0.538 bits per heavy atom. The molecule has 8 fully saturated rings. The standard InChI is InChI=1S/C52H90/c1-26(2)37-42-36(41-40-35-24-29(7)52(35,28(5)6)48(40,22)45(41,17)18)39-33(11)47(42,21)49(37,23)46(19,20)51(39)25-50(27(3)4,34(51)12)31(9)30(8)38-32(10)43(13,14)44(38,15)16/h26-42H,24-25H2,1-23H3. The van der Waals surface area contributed by atoms with E-state index >= 15 is 0 Å². The molecular weight excluding hydrogens is 625 g/mol. The number of hydrogen-bond donors (Lipinski definition) is 0. The molecule has 0 heteroatoms. The van der Waals surface area contributed by atoms with E-state index in [4.69, 9.17) is 0 Å². The minimum Gasteiger partial charge on any atom is -0.0625 e. The van der Waals surface area contributed by atoms with Gasteiger partial charge in [0.2, 0.25) is 0 Å². The van der Waals surface area contributed by atoms with E-state index in [1.54, 1.807) is 0 Å². The highest BCUT2D eigenvalue weighted by Crippen LogP contribution is 2.99. The zero-order chi connectivity index (χ0) is 39.2. The van der Waals surface area contributed by atoms with E-state index in [1.807, 2.05) is 0 Å². The van der Waals surface area contributed by atoms with Crippen LogP contribution in [0.5, 0.6) is 0 Å². The van der Waals surface area contributed by atoms with Gasteiger partial charge >= 0.3 is 0 Å². The molecule has 0 saturated heterocycles. The molecular formula is C52H90. The average Bonchev–Trinajstić information content (AvgIpc) is 3.14. The van der Waals surface area contributed by atoms with Crippen molar-refractivity contribution in [3.63, 3.8) is 0 Å². The van der Waals surface area contributed by atoms with Crippen LogP contribution in [0.3, 0.4) is 0 Å². The van der Waals surface area contributed by atoms with Crippen molar-refractivity contribution in [3.05, 3.63) is 0 Å². The third kappa shape index (κ3) is 3.06. The predicted octanol–water partition coefficient (Wildman–Crippen LogP) is 14.7. The third-order valence-electron chi connectivity index (χ3n) is 26.5. The van der Waals surface area contributed by atoms with Crippen molar-refractivity contribution in [2.24, 2.45) is 155 Å². The van der Waals surface area contributed by atoms with Gasteiger partial charge in [-0.05, 0) is 168 Å². The van der Waals surface area contributed by atoms with Crippen LogP contribution in [0.15, 0.2) is 0 Å². The van der Waals surface area contributed by atoms with Gasteiger partial charge in [0.25, 0.3) is 0 Å². The van der Waals surface area contributed by atoms with Crippen LogP contribution in [-0.2, 0) is 0 Å². The molecule has 20 unspecified atom stereocenters. The Balaban J connectivity index is 1.26. The molecule has 0 aromatic rings. The Bertz CT molecular complexity index is 1510. The first kappa shape index (κ1) is 38.9. The second kappa shape index (κ2) is 9.99. The Hall–Kier alpha value is 0. The Kier molecular flexibility index (Phi) is 7.46. The maximum Gasteiger partial charge on any atom is -0.0155 e. The first-order valence-electron chi connectivity index (χ1n) is 23.4. The summed E-state index contributed by atoms with van der Waals surface area (Å²) in [6, 6.07) is 0. The van der Waals surface area contributed by atoms with E-state index in [1.165, 1.54) is 12.8 Å². The quantitative estimate of drug-likeness (QED) is 0.246. The molecule has 8 aliphatic rings. The molecule has 298 valence electrons. The molecule has 0 heterocycles. The molecule has 1 spiro atoms. The molecule has 2 bridgehead atoms. The number of rotatable bonds is 7. The molecule has 8 saturated carbocycles. The van der Waals surface area contributed by atoms with Crippen LogP contribution in [-0.4, -0.2) is 0 Å². The molecule has 0 radical (unpaired) electrons. The molecule has 20 atom stereocenters. The highest BCUT2D eigenvalue weighted by atomic mass is 15.0. The van der Waals surface area contributed by atoms with Gasteiger partial charge < -0.3 is 0 Å². The van der Waals surface area contributed by atoms with Gasteiger partial charge in [-0.3, -0.25) is 0 Å². The molecule has 52 heavy (non-hydrogen) atoms. The van der Waals surface area contributed by atoms with Gasteiger partial charge in [0.05, 0.1) is 0 Å². The minimum atomic E-state index is 0.321. The lowest BCUT2D eigenvalue weighted by Gasteiger charge is -2.93. The number of hydrogen-bond acceptors (Lipinski definition) is 0. The van der Waals surface area contributed by atoms with Crippen molar-refractivity contribution in [2.75, 3.05) is 0 Å².